The molecule has 1 atom stereocenters. The Balaban J connectivity index is 1.82. The summed E-state index contributed by atoms with van der Waals surface area (Å²) in [6, 6.07) is 19.2. The minimum absolute atomic E-state index is 0.0831. The van der Waals surface area contributed by atoms with Gasteiger partial charge < -0.3 is 10.4 Å². The summed E-state index contributed by atoms with van der Waals surface area (Å²) in [6.45, 7) is 5.96. The van der Waals surface area contributed by atoms with Crippen molar-refractivity contribution in [2.45, 2.75) is 32.7 Å². The molecule has 188 valence electrons. The van der Waals surface area contributed by atoms with Crippen molar-refractivity contribution in [3.63, 3.8) is 0 Å². The number of nitrogens with zero attached hydrogens (tertiary/aromatic N) is 4. The maximum atomic E-state index is 13.0. The Morgan fingerprint density at radius 2 is 1.62 bits per heavy atom. The second kappa shape index (κ2) is 11.0. The number of ketones is 1. The van der Waals surface area contributed by atoms with Crippen molar-refractivity contribution in [3.05, 3.63) is 101 Å². The van der Waals surface area contributed by atoms with Gasteiger partial charge in [-0.3, -0.25) is 14.3 Å². The summed E-state index contributed by atoms with van der Waals surface area (Å²) in [6.07, 6.45) is 2.07. The molecule has 2 N–H and O–H groups in total. The normalized spacial score (nSPS) is 12.7. The van der Waals surface area contributed by atoms with Gasteiger partial charge in [-0.25, -0.2) is 0 Å². The largest absolute Gasteiger partial charge is 0.507 e. The smallest absolute Gasteiger partial charge is 0.227 e. The predicted molar refractivity (Wildman–Crippen MR) is 143 cm³/mol. The molecule has 0 radical (unpaired) electrons. The lowest BCUT2D eigenvalue weighted by Gasteiger charge is -2.23. The van der Waals surface area contributed by atoms with E-state index in [1.165, 1.54) is 0 Å². The van der Waals surface area contributed by atoms with Crippen molar-refractivity contribution in [2.24, 2.45) is 7.05 Å². The first-order valence-electron chi connectivity index (χ1n) is 12.0. The van der Waals surface area contributed by atoms with Crippen molar-refractivity contribution >= 4 is 23.6 Å². The fraction of sp³-hybridized carbons (Fsp3) is 0.207. The second-order valence-electron chi connectivity index (χ2n) is 9.16. The van der Waals surface area contributed by atoms with Gasteiger partial charge in [0, 0.05) is 24.4 Å². The lowest BCUT2D eigenvalue weighted by Crippen LogP contribution is -2.22. The predicted octanol–water partition coefficient (Wildman–Crippen LogP) is 5.20. The monoisotopic (exact) mass is 495 g/mol. The SMILES string of the molecule is Cc1ccc(NC(C(C(=O)C=O)=C(O)c2ccc(C(C)C)cc2)c2ccc(-c3ccn(C)n3)cc2)nn1. The van der Waals surface area contributed by atoms with E-state index in [9.17, 15) is 14.7 Å². The third-order valence-electron chi connectivity index (χ3n) is 6.11. The van der Waals surface area contributed by atoms with E-state index in [0.717, 1.165) is 22.5 Å². The number of Topliss-reactive ketones (excluding diaryl/α,β-unsaturated/α-hetero) is 1. The van der Waals surface area contributed by atoms with Crippen molar-refractivity contribution in [1.29, 1.82) is 0 Å². The van der Waals surface area contributed by atoms with Gasteiger partial charge in [-0.1, -0.05) is 62.4 Å². The first-order valence-corrected chi connectivity index (χ1v) is 12.0. The molecule has 0 aliphatic heterocycles. The zero-order valence-electron chi connectivity index (χ0n) is 21.2. The average molecular weight is 496 g/mol. The highest BCUT2D eigenvalue weighted by Crippen LogP contribution is 2.33. The molecular weight excluding hydrogens is 466 g/mol. The molecule has 0 fully saturated rings. The molecule has 2 aromatic carbocycles. The zero-order chi connectivity index (χ0) is 26.5. The van der Waals surface area contributed by atoms with E-state index in [4.69, 9.17) is 0 Å². The van der Waals surface area contributed by atoms with Crippen LogP contribution in [0.3, 0.4) is 0 Å². The number of aliphatic hydroxyl groups is 1. The van der Waals surface area contributed by atoms with Crippen LogP contribution in [0, 0.1) is 6.92 Å². The number of aryl methyl sites for hydroxylation is 2. The highest BCUT2D eigenvalue weighted by atomic mass is 16.3. The lowest BCUT2D eigenvalue weighted by molar-refractivity contribution is -0.127. The van der Waals surface area contributed by atoms with Crippen LogP contribution in [0.2, 0.25) is 0 Å². The lowest BCUT2D eigenvalue weighted by atomic mass is 9.91. The topological polar surface area (TPSA) is 110 Å². The number of hydrogen-bond donors (Lipinski definition) is 2. The first-order chi connectivity index (χ1) is 17.8. The number of anilines is 1. The molecule has 1 unspecified atom stereocenters. The van der Waals surface area contributed by atoms with E-state index in [1.807, 2.05) is 62.6 Å². The van der Waals surface area contributed by atoms with E-state index < -0.39 is 11.8 Å². The van der Waals surface area contributed by atoms with Gasteiger partial charge in [-0.15, -0.1) is 5.10 Å². The summed E-state index contributed by atoms with van der Waals surface area (Å²) in [5.74, 6) is -0.414. The minimum Gasteiger partial charge on any atom is -0.507 e. The van der Waals surface area contributed by atoms with Crippen molar-refractivity contribution < 1.29 is 14.7 Å². The second-order valence-corrected chi connectivity index (χ2v) is 9.16. The number of rotatable bonds is 9. The molecule has 2 heterocycles. The Morgan fingerprint density at radius 3 is 2.16 bits per heavy atom. The van der Waals surface area contributed by atoms with Crippen LogP contribution in [0.15, 0.2) is 78.5 Å². The van der Waals surface area contributed by atoms with Gasteiger partial charge in [-0.2, -0.15) is 10.2 Å². The van der Waals surface area contributed by atoms with E-state index in [0.29, 0.717) is 22.9 Å². The summed E-state index contributed by atoms with van der Waals surface area (Å²) < 4.78 is 1.72. The molecule has 0 aliphatic carbocycles. The maximum absolute atomic E-state index is 13.0. The van der Waals surface area contributed by atoms with Crippen molar-refractivity contribution in [1.82, 2.24) is 20.0 Å². The number of nitrogens with one attached hydrogen (secondary N) is 1. The van der Waals surface area contributed by atoms with E-state index in [1.54, 1.807) is 28.9 Å². The van der Waals surface area contributed by atoms with Gasteiger partial charge in [0.25, 0.3) is 0 Å². The molecular formula is C29H29N5O3. The molecule has 0 aliphatic rings. The fourth-order valence-corrected chi connectivity index (χ4v) is 4.00. The number of carbonyl (C=O) groups excluding carboxylic acids is 2. The molecule has 8 heteroatoms. The van der Waals surface area contributed by atoms with Crippen molar-refractivity contribution in [3.8, 4) is 11.3 Å². The number of aliphatic hydroxyl groups excluding tert-OH is 1. The van der Waals surface area contributed by atoms with E-state index >= 15 is 0 Å². The molecule has 0 spiro atoms. The molecule has 37 heavy (non-hydrogen) atoms. The van der Waals surface area contributed by atoms with Gasteiger partial charge in [0.2, 0.25) is 5.78 Å². The first kappa shape index (κ1) is 25.5. The summed E-state index contributed by atoms with van der Waals surface area (Å²) >= 11 is 0. The van der Waals surface area contributed by atoms with Crippen LogP contribution in [-0.4, -0.2) is 37.2 Å². The van der Waals surface area contributed by atoms with Gasteiger partial charge in [0.1, 0.15) is 11.6 Å². The third-order valence-corrected chi connectivity index (χ3v) is 6.11. The molecule has 8 nitrogen and oxygen atoms in total. The van der Waals surface area contributed by atoms with Crippen molar-refractivity contribution in [2.75, 3.05) is 5.32 Å². The van der Waals surface area contributed by atoms with Crippen LogP contribution in [0.1, 0.15) is 48.2 Å². The van der Waals surface area contributed by atoms with Crippen LogP contribution in [-0.2, 0) is 16.6 Å². The van der Waals surface area contributed by atoms with Crippen LogP contribution >= 0.6 is 0 Å². The molecule has 2 aromatic heterocycles. The Morgan fingerprint density at radius 1 is 0.946 bits per heavy atom. The van der Waals surface area contributed by atoms with Gasteiger partial charge in [0.15, 0.2) is 6.29 Å². The van der Waals surface area contributed by atoms with Crippen LogP contribution in [0.25, 0.3) is 17.0 Å². The van der Waals surface area contributed by atoms with Crippen LogP contribution in [0.4, 0.5) is 5.82 Å². The number of carbonyl (C=O) groups is 2. The Hall–Kier alpha value is -4.59. The summed E-state index contributed by atoms with van der Waals surface area (Å²) in [4.78, 5) is 24.7. The fourth-order valence-electron chi connectivity index (χ4n) is 4.00. The molecule has 0 amide bonds. The number of benzene rings is 2. The minimum atomic E-state index is -0.878. The maximum Gasteiger partial charge on any atom is 0.227 e. The van der Waals surface area contributed by atoms with Crippen LogP contribution < -0.4 is 5.32 Å². The average Bonchev–Trinajstić information content (AvgIpc) is 3.35. The summed E-state index contributed by atoms with van der Waals surface area (Å²) in [5, 5.41) is 27.2. The summed E-state index contributed by atoms with van der Waals surface area (Å²) in [7, 11) is 1.85. The number of aldehydes is 1. The Bertz CT molecular complexity index is 1420. The molecule has 4 rings (SSSR count). The highest BCUT2D eigenvalue weighted by Gasteiger charge is 2.28. The molecule has 0 saturated heterocycles. The number of hydrogen-bond acceptors (Lipinski definition) is 7. The van der Waals surface area contributed by atoms with Gasteiger partial charge in [0.05, 0.1) is 23.0 Å². The zero-order valence-corrected chi connectivity index (χ0v) is 21.2. The van der Waals surface area contributed by atoms with Gasteiger partial charge >= 0.3 is 0 Å². The highest BCUT2D eigenvalue weighted by molar-refractivity contribution is 6.35. The molecule has 4 aromatic rings. The van der Waals surface area contributed by atoms with Crippen LogP contribution in [0.5, 0.6) is 0 Å². The Kier molecular flexibility index (Phi) is 7.57. The third kappa shape index (κ3) is 5.81. The quantitative estimate of drug-likeness (QED) is 0.142. The molecule has 0 saturated carbocycles. The van der Waals surface area contributed by atoms with E-state index in [-0.39, 0.29) is 17.6 Å². The van der Waals surface area contributed by atoms with Gasteiger partial charge in [-0.05, 0) is 42.2 Å². The Labute approximate surface area is 215 Å². The van der Waals surface area contributed by atoms with E-state index in [2.05, 4.69) is 34.5 Å². The summed E-state index contributed by atoms with van der Waals surface area (Å²) in [5.41, 5.74) is 4.51. The molecule has 0 bridgehead atoms. The standard InChI is InChI=1S/C29H29N5O3/c1-18(2)20-6-12-23(13-7-20)29(37)27(25(36)17-35)28(30-26-14-5-19(3)31-32-26)22-10-8-21(9-11-22)24-15-16-34(4)33-24/h5-18,28,37H,1-4H3,(H,30,32). The number of aromatic nitrogens is 4.